The summed E-state index contributed by atoms with van der Waals surface area (Å²) in [6, 6.07) is -0.525. The summed E-state index contributed by atoms with van der Waals surface area (Å²) in [5.41, 5.74) is 0. The van der Waals surface area contributed by atoms with Gasteiger partial charge in [0.1, 0.15) is 6.04 Å². The lowest BCUT2D eigenvalue weighted by Crippen LogP contribution is -2.54. The molecular weight excluding hydrogens is 270 g/mol. The molecule has 0 aliphatic carbocycles. The van der Waals surface area contributed by atoms with Gasteiger partial charge in [-0.1, -0.05) is 13.8 Å². The summed E-state index contributed by atoms with van der Waals surface area (Å²) in [4.78, 5) is 13.1. The highest BCUT2D eigenvalue weighted by Gasteiger charge is 2.27. The van der Waals surface area contributed by atoms with Crippen molar-refractivity contribution in [1.82, 2.24) is 14.5 Å². The minimum absolute atomic E-state index is 0.0957. The molecule has 1 unspecified atom stereocenters. The van der Waals surface area contributed by atoms with Crippen LogP contribution in [0.25, 0.3) is 0 Å². The number of aliphatic carboxylic acids is 1. The van der Waals surface area contributed by atoms with Crippen LogP contribution < -0.4 is 5.32 Å². The number of carboxylic acid groups (broad SMARTS) is 1. The maximum atomic E-state index is 11.4. The van der Waals surface area contributed by atoms with Crippen molar-refractivity contribution in [2.75, 3.05) is 39.0 Å². The Kier molecular flexibility index (Phi) is 5.72. The molecule has 8 heteroatoms. The lowest BCUT2D eigenvalue weighted by molar-refractivity contribution is -0.140. The Morgan fingerprint density at radius 1 is 1.26 bits per heavy atom. The molecule has 0 radical (unpaired) electrons. The average Bonchev–Trinajstić information content (AvgIpc) is 2.27. The summed E-state index contributed by atoms with van der Waals surface area (Å²) in [6.07, 6.45) is 1.20. The van der Waals surface area contributed by atoms with Crippen molar-refractivity contribution in [1.29, 1.82) is 0 Å². The van der Waals surface area contributed by atoms with Crippen LogP contribution in [0, 0.1) is 0 Å². The van der Waals surface area contributed by atoms with Crippen molar-refractivity contribution in [3.63, 3.8) is 0 Å². The highest BCUT2D eigenvalue weighted by Crippen LogP contribution is 2.06. The molecule has 7 nitrogen and oxygen atoms in total. The third-order valence-electron chi connectivity index (χ3n) is 3.07. The SMILES string of the molecule is CC(C)NC(CN1CCN(S(C)(=O)=O)CC1)C(=O)O. The molecule has 1 fully saturated rings. The predicted octanol–water partition coefficient (Wildman–Crippen LogP) is -0.985. The van der Waals surface area contributed by atoms with Gasteiger partial charge in [0.15, 0.2) is 0 Å². The van der Waals surface area contributed by atoms with E-state index in [0.717, 1.165) is 0 Å². The lowest BCUT2D eigenvalue weighted by atomic mass is 10.2. The summed E-state index contributed by atoms with van der Waals surface area (Å²) >= 11 is 0. The first-order valence-corrected chi connectivity index (χ1v) is 8.21. The summed E-state index contributed by atoms with van der Waals surface area (Å²) < 4.78 is 24.2. The van der Waals surface area contributed by atoms with Gasteiger partial charge in [-0.15, -0.1) is 0 Å². The van der Waals surface area contributed by atoms with E-state index in [1.165, 1.54) is 10.6 Å². The highest BCUT2D eigenvalue weighted by atomic mass is 32.2. The molecule has 0 aromatic rings. The van der Waals surface area contributed by atoms with E-state index in [4.69, 9.17) is 5.11 Å². The van der Waals surface area contributed by atoms with Gasteiger partial charge < -0.3 is 10.4 Å². The second-order valence-corrected chi connectivity index (χ2v) is 7.16. The number of sulfonamides is 1. The second-order valence-electron chi connectivity index (χ2n) is 5.17. The first-order valence-electron chi connectivity index (χ1n) is 6.36. The van der Waals surface area contributed by atoms with E-state index in [1.807, 2.05) is 18.7 Å². The van der Waals surface area contributed by atoms with Gasteiger partial charge in [0.05, 0.1) is 6.26 Å². The van der Waals surface area contributed by atoms with Crippen molar-refractivity contribution in [2.24, 2.45) is 0 Å². The van der Waals surface area contributed by atoms with Crippen LogP contribution in [0.3, 0.4) is 0 Å². The molecule has 112 valence electrons. The van der Waals surface area contributed by atoms with Crippen molar-refractivity contribution >= 4 is 16.0 Å². The van der Waals surface area contributed by atoms with Crippen LogP contribution in [-0.2, 0) is 14.8 Å². The topological polar surface area (TPSA) is 90.0 Å². The van der Waals surface area contributed by atoms with E-state index in [-0.39, 0.29) is 6.04 Å². The van der Waals surface area contributed by atoms with Gasteiger partial charge in [-0.2, -0.15) is 4.31 Å². The number of hydrogen-bond donors (Lipinski definition) is 2. The van der Waals surface area contributed by atoms with Gasteiger partial charge in [-0.05, 0) is 0 Å². The van der Waals surface area contributed by atoms with Gasteiger partial charge in [0, 0.05) is 38.8 Å². The average molecular weight is 293 g/mol. The van der Waals surface area contributed by atoms with Crippen LogP contribution in [0.15, 0.2) is 0 Å². The van der Waals surface area contributed by atoms with Crippen LogP contribution in [0.2, 0.25) is 0 Å². The van der Waals surface area contributed by atoms with Crippen molar-refractivity contribution in [3.05, 3.63) is 0 Å². The third-order valence-corrected chi connectivity index (χ3v) is 4.38. The zero-order valence-corrected chi connectivity index (χ0v) is 12.5. The van der Waals surface area contributed by atoms with E-state index >= 15 is 0 Å². The maximum absolute atomic E-state index is 11.4. The summed E-state index contributed by atoms with van der Waals surface area (Å²) in [5, 5.41) is 12.1. The molecule has 1 aliphatic heterocycles. The van der Waals surface area contributed by atoms with E-state index in [2.05, 4.69) is 5.32 Å². The Morgan fingerprint density at radius 3 is 2.16 bits per heavy atom. The molecule has 0 saturated carbocycles. The summed E-state index contributed by atoms with van der Waals surface area (Å²) in [6.45, 7) is 6.17. The fourth-order valence-electron chi connectivity index (χ4n) is 2.11. The predicted molar refractivity (Wildman–Crippen MR) is 72.6 cm³/mol. The first kappa shape index (κ1) is 16.4. The van der Waals surface area contributed by atoms with E-state index < -0.39 is 22.0 Å². The van der Waals surface area contributed by atoms with Gasteiger partial charge in [-0.25, -0.2) is 8.42 Å². The van der Waals surface area contributed by atoms with Crippen molar-refractivity contribution < 1.29 is 18.3 Å². The van der Waals surface area contributed by atoms with Crippen LogP contribution in [-0.4, -0.2) is 79.8 Å². The van der Waals surface area contributed by atoms with Crippen LogP contribution in [0.1, 0.15) is 13.8 Å². The van der Waals surface area contributed by atoms with E-state index in [1.54, 1.807) is 0 Å². The number of piperazine rings is 1. The molecule has 0 bridgehead atoms. The molecule has 1 aliphatic rings. The molecular formula is C11H23N3O4S. The maximum Gasteiger partial charge on any atom is 0.322 e. The zero-order chi connectivity index (χ0) is 14.6. The summed E-state index contributed by atoms with van der Waals surface area (Å²) in [7, 11) is -3.14. The quantitative estimate of drug-likeness (QED) is 0.654. The molecule has 0 aromatic carbocycles. The molecule has 1 rings (SSSR count). The molecule has 0 aromatic heterocycles. The smallest absolute Gasteiger partial charge is 0.322 e. The molecule has 19 heavy (non-hydrogen) atoms. The normalized spacial score (nSPS) is 20.6. The van der Waals surface area contributed by atoms with Gasteiger partial charge in [0.25, 0.3) is 0 Å². The molecule has 0 amide bonds. The van der Waals surface area contributed by atoms with Crippen molar-refractivity contribution in [3.8, 4) is 0 Å². The molecule has 1 saturated heterocycles. The Labute approximate surface area is 114 Å². The number of carbonyl (C=O) groups is 1. The monoisotopic (exact) mass is 293 g/mol. The fourth-order valence-corrected chi connectivity index (χ4v) is 2.93. The minimum Gasteiger partial charge on any atom is -0.480 e. The van der Waals surface area contributed by atoms with Crippen molar-refractivity contribution in [2.45, 2.75) is 25.9 Å². The van der Waals surface area contributed by atoms with Gasteiger partial charge >= 0.3 is 5.97 Å². The Balaban J connectivity index is 2.49. The molecule has 0 spiro atoms. The van der Waals surface area contributed by atoms with Crippen LogP contribution in [0.4, 0.5) is 0 Å². The zero-order valence-electron chi connectivity index (χ0n) is 11.7. The molecule has 1 atom stereocenters. The van der Waals surface area contributed by atoms with Gasteiger partial charge in [-0.3, -0.25) is 9.69 Å². The Morgan fingerprint density at radius 2 is 1.79 bits per heavy atom. The number of nitrogens with zero attached hydrogens (tertiary/aromatic N) is 2. The van der Waals surface area contributed by atoms with Crippen LogP contribution in [0.5, 0.6) is 0 Å². The fraction of sp³-hybridized carbons (Fsp3) is 0.909. The number of carboxylic acids is 1. The number of hydrogen-bond acceptors (Lipinski definition) is 5. The first-order chi connectivity index (χ1) is 8.70. The van der Waals surface area contributed by atoms with Gasteiger partial charge in [0.2, 0.25) is 10.0 Å². The number of rotatable bonds is 6. The number of nitrogens with one attached hydrogen (secondary N) is 1. The Hall–Kier alpha value is -0.700. The molecule has 1 heterocycles. The van der Waals surface area contributed by atoms with E-state index in [9.17, 15) is 13.2 Å². The summed E-state index contributed by atoms with van der Waals surface area (Å²) in [5.74, 6) is -0.876. The highest BCUT2D eigenvalue weighted by molar-refractivity contribution is 7.88. The van der Waals surface area contributed by atoms with E-state index in [0.29, 0.717) is 32.7 Å². The molecule has 2 N–H and O–H groups in total. The third kappa shape index (κ3) is 5.43. The Bertz CT molecular complexity index is 402. The lowest BCUT2D eigenvalue weighted by Gasteiger charge is -2.34. The second kappa shape index (κ2) is 6.65. The standard InChI is InChI=1S/C11H23N3O4S/c1-9(2)12-10(11(15)16)8-13-4-6-14(7-5-13)19(3,17)18/h9-10,12H,4-8H2,1-3H3,(H,15,16). The minimum atomic E-state index is -3.14. The largest absolute Gasteiger partial charge is 0.480 e. The van der Waals surface area contributed by atoms with Crippen LogP contribution >= 0.6 is 0 Å².